The van der Waals surface area contributed by atoms with Gasteiger partial charge < -0.3 is 10.2 Å². The summed E-state index contributed by atoms with van der Waals surface area (Å²) in [6.45, 7) is 0. The monoisotopic (exact) mass is 244 g/mol. The van der Waals surface area contributed by atoms with E-state index in [0.717, 1.165) is 6.07 Å². The summed E-state index contributed by atoms with van der Waals surface area (Å²) in [5.41, 5.74) is 0.101. The maximum atomic E-state index is 11.5. The van der Waals surface area contributed by atoms with Gasteiger partial charge in [-0.2, -0.15) is 0 Å². The van der Waals surface area contributed by atoms with Gasteiger partial charge >= 0.3 is 0 Å². The number of amides is 1. The number of thiol groups is 1. The van der Waals surface area contributed by atoms with Crippen LogP contribution in [0.5, 0.6) is 11.5 Å². The van der Waals surface area contributed by atoms with Crippen molar-refractivity contribution in [3.05, 3.63) is 23.8 Å². The third kappa shape index (κ3) is 2.58. The molecule has 0 fully saturated rings. The topological polar surface area (TPSA) is 86.8 Å². The molecule has 0 saturated heterocycles. The SMILES string of the molecule is NN(C(=O)c1ccc(O)c(O)c1)C(=S)S. The van der Waals surface area contributed by atoms with E-state index in [9.17, 15) is 4.79 Å². The smallest absolute Gasteiger partial charge is 0.273 e. The Kier molecular flexibility index (Phi) is 3.51. The van der Waals surface area contributed by atoms with Gasteiger partial charge in [-0.15, -0.1) is 12.6 Å². The number of thiocarbonyl (C=S) groups is 1. The van der Waals surface area contributed by atoms with Crippen molar-refractivity contribution < 1.29 is 15.0 Å². The first-order valence-electron chi connectivity index (χ1n) is 3.77. The molecule has 0 heterocycles. The average molecular weight is 244 g/mol. The number of nitrogens with two attached hydrogens (primary N) is 1. The molecule has 0 unspecified atom stereocenters. The fraction of sp³-hybridized carbons (Fsp3) is 0. The largest absolute Gasteiger partial charge is 0.504 e. The lowest BCUT2D eigenvalue weighted by Gasteiger charge is -2.13. The van der Waals surface area contributed by atoms with Gasteiger partial charge in [-0.1, -0.05) is 12.2 Å². The molecular formula is C8H8N2O3S2. The van der Waals surface area contributed by atoms with Gasteiger partial charge in [0.25, 0.3) is 5.91 Å². The highest BCUT2D eigenvalue weighted by Gasteiger charge is 2.15. The van der Waals surface area contributed by atoms with E-state index in [0.29, 0.717) is 5.01 Å². The van der Waals surface area contributed by atoms with Crippen molar-refractivity contribution in [3.63, 3.8) is 0 Å². The van der Waals surface area contributed by atoms with E-state index in [1.165, 1.54) is 12.1 Å². The maximum Gasteiger partial charge on any atom is 0.273 e. The Morgan fingerprint density at radius 3 is 2.47 bits per heavy atom. The number of rotatable bonds is 1. The van der Waals surface area contributed by atoms with Crippen molar-refractivity contribution >= 4 is 35.1 Å². The lowest BCUT2D eigenvalue weighted by molar-refractivity contribution is 0.0852. The molecule has 0 radical (unpaired) electrons. The quantitative estimate of drug-likeness (QED) is 0.145. The molecule has 1 aromatic rings. The van der Waals surface area contributed by atoms with Gasteiger partial charge in [0.15, 0.2) is 15.8 Å². The Bertz CT molecular complexity index is 422. The summed E-state index contributed by atoms with van der Waals surface area (Å²) in [6, 6.07) is 3.57. The van der Waals surface area contributed by atoms with Gasteiger partial charge in [-0.25, -0.2) is 10.9 Å². The van der Waals surface area contributed by atoms with Crippen molar-refractivity contribution in [2.24, 2.45) is 5.84 Å². The minimum absolute atomic E-state index is 0.0902. The van der Waals surface area contributed by atoms with Crippen LogP contribution in [0.1, 0.15) is 10.4 Å². The summed E-state index contributed by atoms with van der Waals surface area (Å²) in [6.07, 6.45) is 0. The van der Waals surface area contributed by atoms with E-state index in [2.05, 4.69) is 24.8 Å². The number of nitrogens with zero attached hydrogens (tertiary/aromatic N) is 1. The Balaban J connectivity index is 3.02. The lowest BCUT2D eigenvalue weighted by atomic mass is 10.2. The van der Waals surface area contributed by atoms with E-state index in [1.807, 2.05) is 0 Å². The van der Waals surface area contributed by atoms with E-state index in [4.69, 9.17) is 16.1 Å². The lowest BCUT2D eigenvalue weighted by Crippen LogP contribution is -2.39. The highest BCUT2D eigenvalue weighted by molar-refractivity contribution is 8.11. The second kappa shape index (κ2) is 4.47. The third-order valence-corrected chi connectivity index (χ3v) is 2.06. The number of phenols is 2. The van der Waals surface area contributed by atoms with Gasteiger partial charge in [-0.05, 0) is 18.2 Å². The summed E-state index contributed by atoms with van der Waals surface area (Å²) >= 11 is 8.31. The van der Waals surface area contributed by atoms with Crippen LogP contribution < -0.4 is 5.84 Å². The molecule has 7 heteroatoms. The van der Waals surface area contributed by atoms with Crippen molar-refractivity contribution in [2.75, 3.05) is 0 Å². The first-order chi connectivity index (χ1) is 6.93. The zero-order valence-corrected chi connectivity index (χ0v) is 9.13. The van der Waals surface area contributed by atoms with Gasteiger partial charge in [-0.3, -0.25) is 4.79 Å². The van der Waals surface area contributed by atoms with Crippen LogP contribution in [0, 0.1) is 0 Å². The predicted octanol–water partition coefficient (Wildman–Crippen LogP) is 0.628. The molecule has 1 amide bonds. The first kappa shape index (κ1) is 11.8. The standard InChI is InChI=1S/C8H8N2O3S2/c9-10(8(14)15)7(13)4-1-2-5(11)6(12)3-4/h1-3,11-12H,9H2,(H,14,15). The second-order valence-corrected chi connectivity index (χ2v) is 3.77. The fourth-order valence-corrected chi connectivity index (χ4v) is 1.06. The van der Waals surface area contributed by atoms with E-state index < -0.39 is 11.7 Å². The molecule has 5 nitrogen and oxygen atoms in total. The molecule has 80 valence electrons. The van der Waals surface area contributed by atoms with Gasteiger partial charge in [0.05, 0.1) is 0 Å². The number of carbonyl (C=O) groups excluding carboxylic acids is 1. The number of hydrogen-bond acceptors (Lipinski definition) is 5. The molecule has 1 rings (SSSR count). The number of phenolic OH excluding ortho intramolecular Hbond substituents is 2. The fourth-order valence-electron chi connectivity index (χ4n) is 0.882. The van der Waals surface area contributed by atoms with Crippen LogP contribution in [-0.2, 0) is 0 Å². The predicted molar refractivity (Wildman–Crippen MR) is 61.7 cm³/mol. The summed E-state index contributed by atoms with van der Waals surface area (Å²) in [7, 11) is 0. The Labute approximate surface area is 96.5 Å². The Morgan fingerprint density at radius 1 is 1.40 bits per heavy atom. The molecule has 0 saturated carbocycles. The average Bonchev–Trinajstić information content (AvgIpc) is 2.19. The molecule has 15 heavy (non-hydrogen) atoms. The molecule has 0 aliphatic rings. The molecular weight excluding hydrogens is 236 g/mol. The van der Waals surface area contributed by atoms with Crippen LogP contribution in [-0.4, -0.2) is 25.4 Å². The zero-order chi connectivity index (χ0) is 11.6. The van der Waals surface area contributed by atoms with Crippen LogP contribution in [0.25, 0.3) is 0 Å². The summed E-state index contributed by atoms with van der Waals surface area (Å²) in [4.78, 5) is 11.5. The van der Waals surface area contributed by atoms with Crippen molar-refractivity contribution in [3.8, 4) is 11.5 Å². The zero-order valence-electron chi connectivity index (χ0n) is 7.41. The highest BCUT2D eigenvalue weighted by Crippen LogP contribution is 2.25. The van der Waals surface area contributed by atoms with Gasteiger partial charge in [0.2, 0.25) is 0 Å². The van der Waals surface area contributed by atoms with E-state index in [-0.39, 0.29) is 15.6 Å². The number of hydrazine groups is 1. The van der Waals surface area contributed by atoms with Crippen LogP contribution >= 0.6 is 24.8 Å². The Morgan fingerprint density at radius 2 is 2.00 bits per heavy atom. The summed E-state index contributed by atoms with van der Waals surface area (Å²) in [5.74, 6) is 3.96. The molecule has 0 bridgehead atoms. The van der Waals surface area contributed by atoms with Crippen LogP contribution in [0.3, 0.4) is 0 Å². The van der Waals surface area contributed by atoms with Crippen molar-refractivity contribution in [1.29, 1.82) is 0 Å². The van der Waals surface area contributed by atoms with Crippen molar-refractivity contribution in [1.82, 2.24) is 5.01 Å². The second-order valence-electron chi connectivity index (χ2n) is 2.66. The van der Waals surface area contributed by atoms with Crippen LogP contribution in [0.2, 0.25) is 0 Å². The van der Waals surface area contributed by atoms with Crippen molar-refractivity contribution in [2.45, 2.75) is 0 Å². The van der Waals surface area contributed by atoms with E-state index in [1.54, 1.807) is 0 Å². The minimum atomic E-state index is -0.620. The summed E-state index contributed by atoms with van der Waals surface area (Å²) < 4.78 is -0.0902. The highest BCUT2D eigenvalue weighted by atomic mass is 32.1. The molecule has 4 N–H and O–H groups in total. The molecule has 0 spiro atoms. The van der Waals surface area contributed by atoms with E-state index >= 15 is 0 Å². The maximum absolute atomic E-state index is 11.5. The summed E-state index contributed by atoms with van der Waals surface area (Å²) in [5, 5.41) is 18.8. The number of benzene rings is 1. The molecule has 0 atom stereocenters. The molecule has 0 aromatic heterocycles. The van der Waals surface area contributed by atoms with Gasteiger partial charge in [0, 0.05) is 5.56 Å². The third-order valence-electron chi connectivity index (χ3n) is 1.65. The number of carbonyl (C=O) groups is 1. The Hall–Kier alpha value is -1.31. The normalized spacial score (nSPS) is 9.73. The first-order valence-corrected chi connectivity index (χ1v) is 4.63. The molecule has 0 aliphatic carbocycles. The minimum Gasteiger partial charge on any atom is -0.504 e. The number of aromatic hydroxyl groups is 2. The van der Waals surface area contributed by atoms with Crippen LogP contribution in [0.4, 0.5) is 0 Å². The molecule has 1 aromatic carbocycles. The van der Waals surface area contributed by atoms with Gasteiger partial charge in [0.1, 0.15) is 0 Å². The number of hydrogen-bond donors (Lipinski definition) is 4. The molecule has 0 aliphatic heterocycles. The van der Waals surface area contributed by atoms with Crippen LogP contribution in [0.15, 0.2) is 18.2 Å².